The van der Waals surface area contributed by atoms with Gasteiger partial charge in [-0.15, -0.1) is 0 Å². The molecule has 0 saturated carbocycles. The van der Waals surface area contributed by atoms with Gasteiger partial charge in [0.25, 0.3) is 5.91 Å². The van der Waals surface area contributed by atoms with E-state index in [-0.39, 0.29) is 11.9 Å². The fraction of sp³-hybridized carbons (Fsp3) is 0.261. The predicted molar refractivity (Wildman–Crippen MR) is 106 cm³/mol. The number of amides is 1. The van der Waals surface area contributed by atoms with Crippen LogP contribution in [0.3, 0.4) is 0 Å². The van der Waals surface area contributed by atoms with E-state index < -0.39 is 0 Å². The van der Waals surface area contributed by atoms with Crippen molar-refractivity contribution in [3.8, 4) is 0 Å². The summed E-state index contributed by atoms with van der Waals surface area (Å²) in [6.45, 7) is 3.76. The molecule has 0 spiro atoms. The van der Waals surface area contributed by atoms with Gasteiger partial charge < -0.3 is 10.2 Å². The summed E-state index contributed by atoms with van der Waals surface area (Å²) < 4.78 is 0. The van der Waals surface area contributed by atoms with Gasteiger partial charge >= 0.3 is 0 Å². The standard InChI is InChI=1S/C23H24N2O/c1-17(18-7-3-2-4-8-18)24-22-13-14-25(16-22)23(26)21-12-11-19-9-5-6-10-20(19)15-21/h2-12,15,17,22,24H,13-14,16H2,1H3/t17-,22+/m1/s1. The number of hydrogen-bond acceptors (Lipinski definition) is 2. The number of benzene rings is 3. The number of nitrogens with one attached hydrogen (secondary N) is 1. The fourth-order valence-corrected chi connectivity index (χ4v) is 3.78. The van der Waals surface area contributed by atoms with Gasteiger partial charge in [0, 0.05) is 30.7 Å². The summed E-state index contributed by atoms with van der Waals surface area (Å²) in [5.41, 5.74) is 2.06. The molecule has 0 radical (unpaired) electrons. The van der Waals surface area contributed by atoms with Crippen molar-refractivity contribution in [1.29, 1.82) is 0 Å². The number of likely N-dealkylation sites (tertiary alicyclic amines) is 1. The molecule has 26 heavy (non-hydrogen) atoms. The molecule has 1 aliphatic heterocycles. The number of nitrogens with zero attached hydrogens (tertiary/aromatic N) is 1. The number of carbonyl (C=O) groups is 1. The van der Waals surface area contributed by atoms with E-state index in [1.807, 2.05) is 41.3 Å². The van der Waals surface area contributed by atoms with Gasteiger partial charge in [0.15, 0.2) is 0 Å². The van der Waals surface area contributed by atoms with Gasteiger partial charge in [-0.1, -0.05) is 60.7 Å². The molecule has 132 valence electrons. The first kappa shape index (κ1) is 16.8. The molecule has 1 amide bonds. The Morgan fingerprint density at radius 2 is 1.73 bits per heavy atom. The summed E-state index contributed by atoms with van der Waals surface area (Å²) in [5, 5.41) is 5.95. The second kappa shape index (κ2) is 7.30. The molecule has 1 fully saturated rings. The lowest BCUT2D eigenvalue weighted by molar-refractivity contribution is 0.0789. The Hall–Kier alpha value is -2.65. The highest BCUT2D eigenvalue weighted by molar-refractivity contribution is 5.98. The van der Waals surface area contributed by atoms with Crippen LogP contribution in [0.4, 0.5) is 0 Å². The van der Waals surface area contributed by atoms with Crippen molar-refractivity contribution in [3.05, 3.63) is 83.9 Å². The molecule has 1 saturated heterocycles. The minimum atomic E-state index is 0.132. The lowest BCUT2D eigenvalue weighted by Gasteiger charge is -2.21. The number of hydrogen-bond donors (Lipinski definition) is 1. The average molecular weight is 344 g/mol. The second-order valence-electron chi connectivity index (χ2n) is 7.10. The first-order valence-corrected chi connectivity index (χ1v) is 9.30. The minimum absolute atomic E-state index is 0.132. The largest absolute Gasteiger partial charge is 0.337 e. The van der Waals surface area contributed by atoms with Gasteiger partial charge in [0.2, 0.25) is 0 Å². The molecule has 4 rings (SSSR count). The molecular weight excluding hydrogens is 320 g/mol. The van der Waals surface area contributed by atoms with E-state index >= 15 is 0 Å². The molecule has 3 aromatic rings. The van der Waals surface area contributed by atoms with E-state index in [1.54, 1.807) is 0 Å². The molecule has 0 bridgehead atoms. The highest BCUT2D eigenvalue weighted by atomic mass is 16.2. The third-order valence-electron chi connectivity index (χ3n) is 5.26. The van der Waals surface area contributed by atoms with Crippen LogP contribution in [0.1, 0.15) is 35.3 Å². The van der Waals surface area contributed by atoms with Crippen LogP contribution in [0.15, 0.2) is 72.8 Å². The number of fused-ring (bicyclic) bond motifs is 1. The van der Waals surface area contributed by atoms with Gasteiger partial charge in [-0.25, -0.2) is 0 Å². The highest BCUT2D eigenvalue weighted by Gasteiger charge is 2.27. The molecular formula is C23H24N2O. The molecule has 2 atom stereocenters. The Bertz CT molecular complexity index is 906. The first-order chi connectivity index (χ1) is 12.7. The van der Waals surface area contributed by atoms with Gasteiger partial charge in [0.05, 0.1) is 0 Å². The minimum Gasteiger partial charge on any atom is -0.337 e. The Morgan fingerprint density at radius 1 is 1.00 bits per heavy atom. The first-order valence-electron chi connectivity index (χ1n) is 9.30. The van der Waals surface area contributed by atoms with Gasteiger partial charge in [-0.2, -0.15) is 0 Å². The molecule has 0 aromatic heterocycles. The van der Waals surface area contributed by atoms with Crippen LogP contribution in [-0.2, 0) is 0 Å². The Kier molecular flexibility index (Phi) is 4.72. The maximum atomic E-state index is 12.9. The molecule has 3 heteroatoms. The summed E-state index contributed by atoms with van der Waals surface area (Å²) in [4.78, 5) is 14.9. The van der Waals surface area contributed by atoms with Crippen LogP contribution in [0.2, 0.25) is 0 Å². The predicted octanol–water partition coefficient (Wildman–Crippen LogP) is 4.41. The SMILES string of the molecule is C[C@@H](N[C@H]1CCN(C(=O)c2ccc3ccccc3c2)C1)c1ccccc1. The van der Waals surface area contributed by atoms with E-state index in [1.165, 1.54) is 10.9 Å². The summed E-state index contributed by atoms with van der Waals surface area (Å²) >= 11 is 0. The molecule has 1 N–H and O–H groups in total. The second-order valence-corrected chi connectivity index (χ2v) is 7.10. The zero-order valence-electron chi connectivity index (χ0n) is 15.1. The third kappa shape index (κ3) is 3.49. The van der Waals surface area contributed by atoms with E-state index in [0.717, 1.165) is 30.5 Å². The zero-order valence-corrected chi connectivity index (χ0v) is 15.1. The van der Waals surface area contributed by atoms with Crippen LogP contribution in [0, 0.1) is 0 Å². The molecule has 3 nitrogen and oxygen atoms in total. The highest BCUT2D eigenvalue weighted by Crippen LogP contribution is 2.21. The van der Waals surface area contributed by atoms with Gasteiger partial charge in [-0.05, 0) is 41.8 Å². The lowest BCUT2D eigenvalue weighted by atomic mass is 10.1. The number of carbonyl (C=O) groups excluding carboxylic acids is 1. The van der Waals surface area contributed by atoms with Crippen molar-refractivity contribution in [2.75, 3.05) is 13.1 Å². The van der Waals surface area contributed by atoms with Crippen LogP contribution in [0.25, 0.3) is 10.8 Å². The van der Waals surface area contributed by atoms with Crippen LogP contribution in [0.5, 0.6) is 0 Å². The van der Waals surface area contributed by atoms with E-state index in [2.05, 4.69) is 48.6 Å². The quantitative estimate of drug-likeness (QED) is 0.760. The van der Waals surface area contributed by atoms with Gasteiger partial charge in [0.1, 0.15) is 0 Å². The molecule has 1 aliphatic rings. The maximum absolute atomic E-state index is 12.9. The summed E-state index contributed by atoms with van der Waals surface area (Å²) in [6, 6.07) is 25.2. The average Bonchev–Trinajstić information content (AvgIpc) is 3.16. The Morgan fingerprint density at radius 3 is 2.54 bits per heavy atom. The third-order valence-corrected chi connectivity index (χ3v) is 5.26. The Balaban J connectivity index is 1.42. The van der Waals surface area contributed by atoms with E-state index in [0.29, 0.717) is 6.04 Å². The van der Waals surface area contributed by atoms with Crippen molar-refractivity contribution >= 4 is 16.7 Å². The van der Waals surface area contributed by atoms with Crippen LogP contribution >= 0.6 is 0 Å². The van der Waals surface area contributed by atoms with Crippen molar-refractivity contribution in [1.82, 2.24) is 10.2 Å². The fourth-order valence-electron chi connectivity index (χ4n) is 3.78. The Labute approximate surface area is 154 Å². The van der Waals surface area contributed by atoms with Crippen molar-refractivity contribution in [2.45, 2.75) is 25.4 Å². The van der Waals surface area contributed by atoms with Crippen molar-refractivity contribution < 1.29 is 4.79 Å². The zero-order chi connectivity index (χ0) is 17.9. The lowest BCUT2D eigenvalue weighted by Crippen LogP contribution is -2.36. The smallest absolute Gasteiger partial charge is 0.253 e. The van der Waals surface area contributed by atoms with E-state index in [9.17, 15) is 4.79 Å². The molecule has 1 heterocycles. The van der Waals surface area contributed by atoms with Crippen LogP contribution < -0.4 is 5.32 Å². The monoisotopic (exact) mass is 344 g/mol. The maximum Gasteiger partial charge on any atom is 0.253 e. The van der Waals surface area contributed by atoms with Crippen molar-refractivity contribution in [2.24, 2.45) is 0 Å². The number of rotatable bonds is 4. The summed E-state index contributed by atoms with van der Waals surface area (Å²) in [7, 11) is 0. The van der Waals surface area contributed by atoms with Crippen molar-refractivity contribution in [3.63, 3.8) is 0 Å². The molecule has 3 aromatic carbocycles. The summed E-state index contributed by atoms with van der Waals surface area (Å²) in [5.74, 6) is 0.132. The normalized spacial score (nSPS) is 18.2. The summed E-state index contributed by atoms with van der Waals surface area (Å²) in [6.07, 6.45) is 0.997. The van der Waals surface area contributed by atoms with Gasteiger partial charge in [-0.3, -0.25) is 4.79 Å². The van der Waals surface area contributed by atoms with E-state index in [4.69, 9.17) is 0 Å². The molecule has 0 aliphatic carbocycles. The molecule has 0 unspecified atom stereocenters. The van der Waals surface area contributed by atoms with Crippen LogP contribution in [-0.4, -0.2) is 29.9 Å². The topological polar surface area (TPSA) is 32.3 Å².